The zero-order valence-corrected chi connectivity index (χ0v) is 18.9. The van der Waals surface area contributed by atoms with Crippen LogP contribution in [0.4, 0.5) is 16.5 Å². The van der Waals surface area contributed by atoms with E-state index in [0.29, 0.717) is 27.9 Å². The fraction of sp³-hybridized carbons (Fsp3) is 0.190. The number of hydrogen-bond donors (Lipinski definition) is 1. The number of nitrogens with one attached hydrogen (secondary N) is 1. The SMILES string of the molecule is CN(c1ccc(-c2csc(NC(=O)CN3C(=O)COc4ccccc43)n2)cc1)S(C)(=O)=O. The number of fused-ring (bicyclic) bond motifs is 1. The van der Waals surface area contributed by atoms with Gasteiger partial charge in [0.2, 0.25) is 15.9 Å². The van der Waals surface area contributed by atoms with Crippen LogP contribution in [0.25, 0.3) is 11.3 Å². The lowest BCUT2D eigenvalue weighted by Crippen LogP contribution is -2.43. The van der Waals surface area contributed by atoms with Gasteiger partial charge in [0.1, 0.15) is 12.3 Å². The summed E-state index contributed by atoms with van der Waals surface area (Å²) in [7, 11) is -1.86. The predicted octanol–water partition coefficient (Wildman–Crippen LogP) is 2.57. The number of thiazole rings is 1. The molecule has 0 bridgehead atoms. The Balaban J connectivity index is 1.44. The Labute approximate surface area is 189 Å². The topological polar surface area (TPSA) is 109 Å². The summed E-state index contributed by atoms with van der Waals surface area (Å²) in [6, 6.07) is 14.0. The van der Waals surface area contributed by atoms with Crippen LogP contribution < -0.4 is 19.3 Å². The van der Waals surface area contributed by atoms with Crippen LogP contribution in [-0.2, 0) is 19.6 Å². The molecular weight excluding hydrogens is 452 g/mol. The minimum atomic E-state index is -3.34. The number of ether oxygens (including phenoxy) is 1. The van der Waals surface area contributed by atoms with E-state index in [1.807, 2.05) is 0 Å². The summed E-state index contributed by atoms with van der Waals surface area (Å²) >= 11 is 1.26. The van der Waals surface area contributed by atoms with Gasteiger partial charge in [-0.1, -0.05) is 24.3 Å². The number of hydrogen-bond acceptors (Lipinski definition) is 7. The van der Waals surface area contributed by atoms with Crippen molar-refractivity contribution in [3.8, 4) is 17.0 Å². The molecule has 0 saturated heterocycles. The van der Waals surface area contributed by atoms with E-state index in [1.165, 1.54) is 27.6 Å². The Morgan fingerprint density at radius 1 is 1.22 bits per heavy atom. The molecule has 9 nitrogen and oxygen atoms in total. The molecule has 0 aliphatic carbocycles. The third-order valence-electron chi connectivity index (χ3n) is 4.88. The molecule has 1 aliphatic heterocycles. The molecule has 0 saturated carbocycles. The molecule has 2 amide bonds. The third-order valence-corrected chi connectivity index (χ3v) is 6.85. The summed E-state index contributed by atoms with van der Waals surface area (Å²) in [5.74, 6) is -0.111. The maximum absolute atomic E-state index is 12.6. The highest BCUT2D eigenvalue weighted by Gasteiger charge is 2.27. The summed E-state index contributed by atoms with van der Waals surface area (Å²) < 4.78 is 29.9. The van der Waals surface area contributed by atoms with E-state index in [1.54, 1.807) is 53.9 Å². The average molecular weight is 473 g/mol. The Morgan fingerprint density at radius 2 is 1.94 bits per heavy atom. The molecule has 0 radical (unpaired) electrons. The lowest BCUT2D eigenvalue weighted by molar-refractivity contribution is -0.123. The van der Waals surface area contributed by atoms with Gasteiger partial charge in [0.05, 0.1) is 23.3 Å². The van der Waals surface area contributed by atoms with Crippen LogP contribution in [0.1, 0.15) is 0 Å². The fourth-order valence-corrected chi connectivity index (χ4v) is 4.37. The molecule has 0 fully saturated rings. The minimum absolute atomic E-state index is 0.115. The van der Waals surface area contributed by atoms with Gasteiger partial charge < -0.3 is 10.1 Å². The molecule has 1 aromatic heterocycles. The number of carbonyl (C=O) groups excluding carboxylic acids is 2. The fourth-order valence-electron chi connectivity index (χ4n) is 3.13. The normalized spacial score (nSPS) is 13.3. The molecule has 11 heteroatoms. The average Bonchev–Trinajstić information content (AvgIpc) is 3.23. The highest BCUT2D eigenvalue weighted by atomic mass is 32.2. The number of aromatic nitrogens is 1. The number of anilines is 3. The van der Waals surface area contributed by atoms with Crippen molar-refractivity contribution in [1.29, 1.82) is 0 Å². The first-order chi connectivity index (χ1) is 15.2. The number of nitrogens with zero attached hydrogens (tertiary/aromatic N) is 3. The highest BCUT2D eigenvalue weighted by molar-refractivity contribution is 7.92. The Kier molecular flexibility index (Phi) is 5.85. The second-order valence-electron chi connectivity index (χ2n) is 7.10. The molecule has 0 unspecified atom stereocenters. The molecule has 1 aliphatic rings. The number of sulfonamides is 1. The highest BCUT2D eigenvalue weighted by Crippen LogP contribution is 2.31. The second kappa shape index (κ2) is 8.60. The molecule has 2 aromatic carbocycles. The van der Waals surface area contributed by atoms with E-state index in [-0.39, 0.29) is 25.0 Å². The van der Waals surface area contributed by atoms with Crippen molar-refractivity contribution in [1.82, 2.24) is 4.98 Å². The van der Waals surface area contributed by atoms with E-state index in [4.69, 9.17) is 4.74 Å². The van der Waals surface area contributed by atoms with Crippen LogP contribution in [-0.4, -0.2) is 51.7 Å². The van der Waals surface area contributed by atoms with Crippen molar-refractivity contribution in [2.75, 3.05) is 41.0 Å². The third kappa shape index (κ3) is 4.58. The molecule has 32 heavy (non-hydrogen) atoms. The van der Waals surface area contributed by atoms with Gasteiger partial charge in [0.25, 0.3) is 5.91 Å². The number of carbonyl (C=O) groups is 2. The smallest absolute Gasteiger partial charge is 0.265 e. The summed E-state index contributed by atoms with van der Waals surface area (Å²) in [6.07, 6.45) is 1.14. The maximum atomic E-state index is 12.6. The van der Waals surface area contributed by atoms with Gasteiger partial charge in [-0.25, -0.2) is 13.4 Å². The largest absolute Gasteiger partial charge is 0.482 e. The van der Waals surface area contributed by atoms with Crippen molar-refractivity contribution in [3.63, 3.8) is 0 Å². The minimum Gasteiger partial charge on any atom is -0.482 e. The molecular formula is C21H20N4O5S2. The molecule has 0 atom stereocenters. The van der Waals surface area contributed by atoms with Crippen LogP contribution in [0.15, 0.2) is 53.9 Å². The Morgan fingerprint density at radius 3 is 2.66 bits per heavy atom. The molecule has 0 spiro atoms. The quantitative estimate of drug-likeness (QED) is 0.591. The zero-order chi connectivity index (χ0) is 22.9. The molecule has 3 aromatic rings. The van der Waals surface area contributed by atoms with E-state index in [9.17, 15) is 18.0 Å². The second-order valence-corrected chi connectivity index (χ2v) is 9.97. The molecule has 4 rings (SSSR count). The van der Waals surface area contributed by atoms with Crippen LogP contribution in [0.3, 0.4) is 0 Å². The standard InChI is InChI=1S/C21H20N4O5S2/c1-24(32(2,28)29)15-9-7-14(8-10-15)16-13-31-21(22-16)23-19(26)11-25-17-5-3-4-6-18(17)30-12-20(25)27/h3-10,13H,11-12H2,1-2H3,(H,22,23,26). The van der Waals surface area contributed by atoms with Gasteiger partial charge in [0.15, 0.2) is 11.7 Å². The van der Waals surface area contributed by atoms with Crippen molar-refractivity contribution in [2.45, 2.75) is 0 Å². The van der Waals surface area contributed by atoms with Gasteiger partial charge in [-0.3, -0.25) is 18.8 Å². The summed E-state index contributed by atoms with van der Waals surface area (Å²) in [5.41, 5.74) is 2.52. The van der Waals surface area contributed by atoms with Crippen molar-refractivity contribution in [3.05, 3.63) is 53.9 Å². The summed E-state index contributed by atoms with van der Waals surface area (Å²) in [6.45, 7) is -0.267. The molecule has 2 heterocycles. The molecule has 166 valence electrons. The number of rotatable bonds is 6. The summed E-state index contributed by atoms with van der Waals surface area (Å²) in [4.78, 5) is 30.6. The number of para-hydroxylation sites is 2. The van der Waals surface area contributed by atoms with Gasteiger partial charge in [-0.15, -0.1) is 11.3 Å². The zero-order valence-electron chi connectivity index (χ0n) is 17.3. The van der Waals surface area contributed by atoms with Crippen LogP contribution in [0.5, 0.6) is 5.75 Å². The van der Waals surface area contributed by atoms with Gasteiger partial charge >= 0.3 is 0 Å². The number of amides is 2. The first kappa shape index (κ1) is 21.8. The Hall–Kier alpha value is -3.44. The molecule has 1 N–H and O–H groups in total. The van der Waals surface area contributed by atoms with E-state index in [0.717, 1.165) is 11.8 Å². The number of benzene rings is 2. The van der Waals surface area contributed by atoms with E-state index >= 15 is 0 Å². The predicted molar refractivity (Wildman–Crippen MR) is 124 cm³/mol. The first-order valence-electron chi connectivity index (χ1n) is 9.54. The lowest BCUT2D eigenvalue weighted by Gasteiger charge is -2.28. The van der Waals surface area contributed by atoms with E-state index in [2.05, 4.69) is 10.3 Å². The van der Waals surface area contributed by atoms with Gasteiger partial charge in [-0.2, -0.15) is 0 Å². The maximum Gasteiger partial charge on any atom is 0.265 e. The van der Waals surface area contributed by atoms with Gasteiger partial charge in [0, 0.05) is 18.0 Å². The first-order valence-corrected chi connectivity index (χ1v) is 12.3. The van der Waals surface area contributed by atoms with Crippen LogP contribution in [0, 0.1) is 0 Å². The lowest BCUT2D eigenvalue weighted by atomic mass is 10.1. The van der Waals surface area contributed by atoms with E-state index < -0.39 is 10.0 Å². The van der Waals surface area contributed by atoms with Crippen molar-refractivity contribution >= 4 is 49.7 Å². The Bertz CT molecular complexity index is 1270. The van der Waals surface area contributed by atoms with Gasteiger partial charge in [-0.05, 0) is 24.3 Å². The van der Waals surface area contributed by atoms with Crippen molar-refractivity contribution in [2.24, 2.45) is 0 Å². The van der Waals surface area contributed by atoms with Crippen LogP contribution >= 0.6 is 11.3 Å². The monoisotopic (exact) mass is 472 g/mol. The van der Waals surface area contributed by atoms with Crippen molar-refractivity contribution < 1.29 is 22.7 Å². The summed E-state index contributed by atoms with van der Waals surface area (Å²) in [5, 5.41) is 4.92. The van der Waals surface area contributed by atoms with Crippen LogP contribution in [0.2, 0.25) is 0 Å².